The van der Waals surface area contributed by atoms with E-state index in [1.54, 1.807) is 0 Å². The first-order valence-electron chi connectivity index (χ1n) is 28.9. The van der Waals surface area contributed by atoms with Crippen molar-refractivity contribution in [3.63, 3.8) is 0 Å². The highest BCUT2D eigenvalue weighted by molar-refractivity contribution is 5.71. The highest BCUT2D eigenvalue weighted by atomic mass is 16.6. The summed E-state index contributed by atoms with van der Waals surface area (Å²) in [6.07, 6.45) is 72.3. The van der Waals surface area contributed by atoms with Gasteiger partial charge in [-0.1, -0.05) is 267 Å². The fourth-order valence-electron chi connectivity index (χ4n) is 8.15. The molecule has 0 heterocycles. The normalized spacial score (nSPS) is 12.6. The molecular formula is C62H108O6. The van der Waals surface area contributed by atoms with Crippen molar-refractivity contribution in [2.24, 2.45) is 0 Å². The van der Waals surface area contributed by atoms with Crippen molar-refractivity contribution in [1.82, 2.24) is 0 Å². The van der Waals surface area contributed by atoms with Crippen molar-refractivity contribution in [2.45, 2.75) is 290 Å². The maximum atomic E-state index is 12.7. The van der Waals surface area contributed by atoms with Gasteiger partial charge in [0.05, 0.1) is 0 Å². The Kier molecular flexibility index (Phi) is 53.8. The summed E-state index contributed by atoms with van der Waals surface area (Å²) in [6.45, 7) is 6.47. The van der Waals surface area contributed by atoms with E-state index in [1.807, 2.05) is 0 Å². The van der Waals surface area contributed by atoms with Crippen molar-refractivity contribution in [3.05, 3.63) is 72.9 Å². The van der Waals surface area contributed by atoms with E-state index in [4.69, 9.17) is 14.2 Å². The standard InChI is InChI=1S/C62H108O6/c1-4-7-10-13-16-18-20-21-22-23-24-25-26-27-28-29-30-31-32-33-34-35-36-37-38-39-40-41-43-44-46-49-52-55-61(64)67-58-59(57-66-60(63)54-51-48-15-12-9-6-3)68-62(65)56-53-50-47-45-42-19-17-14-11-8-5-2/h7,10,16,18,21-22,24-25,27-28,30-31,59H,4-6,8-9,11-15,17,19-20,23,26,29,32-58H2,1-3H3/b10-7-,18-16-,22-21-,25-24-,28-27-,31-30-. The number of rotatable bonds is 52. The zero-order valence-electron chi connectivity index (χ0n) is 44.9. The van der Waals surface area contributed by atoms with Crippen LogP contribution in [0, 0.1) is 0 Å². The first-order valence-corrected chi connectivity index (χ1v) is 28.9. The Morgan fingerprint density at radius 3 is 0.897 bits per heavy atom. The van der Waals surface area contributed by atoms with Crippen LogP contribution in [0.3, 0.4) is 0 Å². The molecular weight excluding hydrogens is 841 g/mol. The lowest BCUT2D eigenvalue weighted by atomic mass is 10.0. The average molecular weight is 950 g/mol. The predicted octanol–water partition coefficient (Wildman–Crippen LogP) is 19.4. The summed E-state index contributed by atoms with van der Waals surface area (Å²) >= 11 is 0. The van der Waals surface area contributed by atoms with Crippen LogP contribution in [-0.4, -0.2) is 37.2 Å². The maximum absolute atomic E-state index is 12.7. The van der Waals surface area contributed by atoms with Gasteiger partial charge in [-0.05, 0) is 70.6 Å². The Morgan fingerprint density at radius 1 is 0.309 bits per heavy atom. The lowest BCUT2D eigenvalue weighted by molar-refractivity contribution is -0.167. The summed E-state index contributed by atoms with van der Waals surface area (Å²) in [6, 6.07) is 0. The molecule has 0 aliphatic rings. The third-order valence-corrected chi connectivity index (χ3v) is 12.5. The van der Waals surface area contributed by atoms with E-state index in [1.165, 1.54) is 148 Å². The monoisotopic (exact) mass is 949 g/mol. The molecule has 6 nitrogen and oxygen atoms in total. The fourth-order valence-corrected chi connectivity index (χ4v) is 8.15. The zero-order chi connectivity index (χ0) is 49.3. The SMILES string of the molecule is CC/C=C\C/C=C\C/C=C\C/C=C\C/C=C\C/C=C\CCCCCCCCCCCCCCCCC(=O)OCC(COC(=O)CCCCCCCC)OC(=O)CCCCCCCCCCCCC. The second kappa shape index (κ2) is 56.4. The lowest BCUT2D eigenvalue weighted by Crippen LogP contribution is -2.30. The topological polar surface area (TPSA) is 78.9 Å². The maximum Gasteiger partial charge on any atom is 0.306 e. The molecule has 0 bridgehead atoms. The third kappa shape index (κ3) is 53.8. The molecule has 6 heteroatoms. The molecule has 0 aliphatic carbocycles. The highest BCUT2D eigenvalue weighted by Gasteiger charge is 2.19. The smallest absolute Gasteiger partial charge is 0.306 e. The van der Waals surface area contributed by atoms with Gasteiger partial charge in [0, 0.05) is 19.3 Å². The Balaban J connectivity index is 3.95. The molecule has 0 rings (SSSR count). The number of hydrogen-bond donors (Lipinski definition) is 0. The molecule has 0 aromatic carbocycles. The van der Waals surface area contributed by atoms with Gasteiger partial charge in [-0.25, -0.2) is 0 Å². The van der Waals surface area contributed by atoms with Gasteiger partial charge in [0.25, 0.3) is 0 Å². The van der Waals surface area contributed by atoms with Gasteiger partial charge in [-0.15, -0.1) is 0 Å². The number of carbonyl (C=O) groups is 3. The summed E-state index contributed by atoms with van der Waals surface area (Å²) in [5.41, 5.74) is 0. The lowest BCUT2D eigenvalue weighted by Gasteiger charge is -2.18. The first-order chi connectivity index (χ1) is 33.5. The molecule has 0 aliphatic heterocycles. The van der Waals surface area contributed by atoms with Gasteiger partial charge >= 0.3 is 17.9 Å². The van der Waals surface area contributed by atoms with Crippen LogP contribution in [0.1, 0.15) is 284 Å². The minimum absolute atomic E-state index is 0.0712. The molecule has 392 valence electrons. The number of hydrogen-bond acceptors (Lipinski definition) is 6. The summed E-state index contributed by atoms with van der Waals surface area (Å²) in [5, 5.41) is 0. The Bertz CT molecular complexity index is 1270. The summed E-state index contributed by atoms with van der Waals surface area (Å²) in [5.74, 6) is -0.874. The van der Waals surface area contributed by atoms with Crippen LogP contribution in [-0.2, 0) is 28.6 Å². The third-order valence-electron chi connectivity index (χ3n) is 12.5. The molecule has 68 heavy (non-hydrogen) atoms. The van der Waals surface area contributed by atoms with Gasteiger partial charge in [-0.2, -0.15) is 0 Å². The summed E-state index contributed by atoms with van der Waals surface area (Å²) in [7, 11) is 0. The van der Waals surface area contributed by atoms with Crippen LogP contribution in [0.15, 0.2) is 72.9 Å². The highest BCUT2D eigenvalue weighted by Crippen LogP contribution is 2.16. The van der Waals surface area contributed by atoms with Gasteiger partial charge in [0.15, 0.2) is 6.10 Å². The molecule has 0 aromatic heterocycles. The van der Waals surface area contributed by atoms with Crippen molar-refractivity contribution >= 4 is 17.9 Å². The van der Waals surface area contributed by atoms with Crippen LogP contribution < -0.4 is 0 Å². The second-order valence-electron chi connectivity index (χ2n) is 19.2. The van der Waals surface area contributed by atoms with Crippen LogP contribution in [0.4, 0.5) is 0 Å². The molecule has 0 fully saturated rings. The van der Waals surface area contributed by atoms with Gasteiger partial charge < -0.3 is 14.2 Å². The van der Waals surface area contributed by atoms with Crippen molar-refractivity contribution in [1.29, 1.82) is 0 Å². The Labute approximate surface area is 421 Å². The van der Waals surface area contributed by atoms with Crippen LogP contribution in [0.5, 0.6) is 0 Å². The molecule has 1 atom stereocenters. The number of esters is 3. The summed E-state index contributed by atoms with van der Waals surface area (Å²) < 4.78 is 16.7. The van der Waals surface area contributed by atoms with Crippen LogP contribution in [0.2, 0.25) is 0 Å². The van der Waals surface area contributed by atoms with Crippen molar-refractivity contribution in [2.75, 3.05) is 13.2 Å². The molecule has 0 saturated carbocycles. The van der Waals surface area contributed by atoms with Gasteiger partial charge in [0.1, 0.15) is 13.2 Å². The molecule has 0 spiro atoms. The second-order valence-corrected chi connectivity index (χ2v) is 19.2. The number of carbonyl (C=O) groups excluding carboxylic acids is 3. The summed E-state index contributed by atoms with van der Waals surface area (Å²) in [4.78, 5) is 37.7. The molecule has 0 aromatic rings. The van der Waals surface area contributed by atoms with E-state index in [9.17, 15) is 14.4 Å². The minimum Gasteiger partial charge on any atom is -0.462 e. The molecule has 0 radical (unpaired) electrons. The van der Waals surface area contributed by atoms with E-state index in [0.717, 1.165) is 96.3 Å². The molecule has 1 unspecified atom stereocenters. The average Bonchev–Trinajstić information content (AvgIpc) is 3.34. The van der Waals surface area contributed by atoms with Crippen LogP contribution >= 0.6 is 0 Å². The Morgan fingerprint density at radius 2 is 0.574 bits per heavy atom. The van der Waals surface area contributed by atoms with Gasteiger partial charge in [-0.3, -0.25) is 14.4 Å². The van der Waals surface area contributed by atoms with Gasteiger partial charge in [0.2, 0.25) is 0 Å². The van der Waals surface area contributed by atoms with E-state index in [2.05, 4.69) is 93.7 Å². The van der Waals surface area contributed by atoms with Crippen LogP contribution in [0.25, 0.3) is 0 Å². The van der Waals surface area contributed by atoms with E-state index >= 15 is 0 Å². The number of ether oxygens (including phenoxy) is 3. The quantitative estimate of drug-likeness (QED) is 0.0262. The fraction of sp³-hybridized carbons (Fsp3) is 0.758. The Hall–Kier alpha value is -3.15. The first kappa shape index (κ1) is 64.8. The van der Waals surface area contributed by atoms with Crippen molar-refractivity contribution in [3.8, 4) is 0 Å². The van der Waals surface area contributed by atoms with Crippen molar-refractivity contribution < 1.29 is 28.6 Å². The molecule has 0 amide bonds. The molecule has 0 saturated heterocycles. The van der Waals surface area contributed by atoms with E-state index in [-0.39, 0.29) is 31.1 Å². The number of unbranched alkanes of at least 4 members (excludes halogenated alkanes) is 29. The minimum atomic E-state index is -0.766. The largest absolute Gasteiger partial charge is 0.462 e. The van der Waals surface area contributed by atoms with E-state index < -0.39 is 6.10 Å². The number of allylic oxidation sites excluding steroid dienone is 12. The molecule has 0 N–H and O–H groups in total. The van der Waals surface area contributed by atoms with E-state index in [0.29, 0.717) is 19.3 Å². The zero-order valence-corrected chi connectivity index (χ0v) is 44.9. The predicted molar refractivity (Wildman–Crippen MR) is 293 cm³/mol.